The van der Waals surface area contributed by atoms with Crippen LogP contribution in [0.5, 0.6) is 0 Å². The Morgan fingerprint density at radius 2 is 1.48 bits per heavy atom. The monoisotopic (exact) mass is 463 g/mol. The van der Waals surface area contributed by atoms with E-state index in [-0.39, 0.29) is 16.8 Å². The summed E-state index contributed by atoms with van der Waals surface area (Å²) in [6.45, 7) is 2.55. The van der Waals surface area contributed by atoms with Crippen molar-refractivity contribution < 1.29 is 13.2 Å². The molecular weight excluding hydrogens is 434 g/mol. The molecule has 0 aliphatic carbocycles. The quantitative estimate of drug-likeness (QED) is 0.547. The average Bonchev–Trinajstić information content (AvgIpc) is 3.39. The van der Waals surface area contributed by atoms with Crippen LogP contribution in [0.15, 0.2) is 89.8 Å². The Kier molecular flexibility index (Phi) is 7.11. The Hall–Kier alpha value is -3.16. The summed E-state index contributed by atoms with van der Waals surface area (Å²) >= 11 is 0. The first-order valence-corrected chi connectivity index (χ1v) is 12.6. The SMILES string of the molecule is CN(c1ccccc1)S(=O)(=O)c1ccc(C(=O)NC[C@@H](c2ccccc2)N2CCCC2)cc1. The zero-order valence-corrected chi connectivity index (χ0v) is 19.5. The normalized spacial score (nSPS) is 15.2. The van der Waals surface area contributed by atoms with Gasteiger partial charge >= 0.3 is 0 Å². The number of anilines is 1. The van der Waals surface area contributed by atoms with Gasteiger partial charge in [-0.2, -0.15) is 0 Å². The highest BCUT2D eigenvalue weighted by molar-refractivity contribution is 7.92. The zero-order chi connectivity index (χ0) is 23.3. The number of nitrogens with one attached hydrogen (secondary N) is 1. The second kappa shape index (κ2) is 10.2. The van der Waals surface area contributed by atoms with E-state index in [1.54, 1.807) is 36.4 Å². The zero-order valence-electron chi connectivity index (χ0n) is 18.7. The third kappa shape index (κ3) is 5.26. The molecule has 0 radical (unpaired) electrons. The molecule has 1 saturated heterocycles. The van der Waals surface area contributed by atoms with Gasteiger partial charge in [-0.05, 0) is 67.9 Å². The number of benzene rings is 3. The van der Waals surface area contributed by atoms with E-state index in [1.807, 2.05) is 24.3 Å². The number of hydrogen-bond donors (Lipinski definition) is 1. The smallest absolute Gasteiger partial charge is 0.264 e. The second-order valence-electron chi connectivity index (χ2n) is 8.21. The minimum Gasteiger partial charge on any atom is -0.350 e. The summed E-state index contributed by atoms with van der Waals surface area (Å²) < 4.78 is 27.1. The van der Waals surface area contributed by atoms with E-state index in [2.05, 4.69) is 22.3 Å². The molecule has 6 nitrogen and oxygen atoms in total. The first-order valence-electron chi connectivity index (χ1n) is 11.2. The van der Waals surface area contributed by atoms with Gasteiger partial charge in [-0.1, -0.05) is 48.5 Å². The molecule has 1 N–H and O–H groups in total. The van der Waals surface area contributed by atoms with Crippen LogP contribution in [0.1, 0.15) is 34.8 Å². The summed E-state index contributed by atoms with van der Waals surface area (Å²) in [5.74, 6) is -0.213. The molecule has 3 aromatic rings. The molecule has 0 saturated carbocycles. The van der Waals surface area contributed by atoms with Crippen molar-refractivity contribution in [2.24, 2.45) is 0 Å². The predicted octanol–water partition coefficient (Wildman–Crippen LogP) is 4.08. The topological polar surface area (TPSA) is 69.7 Å². The van der Waals surface area contributed by atoms with E-state index in [0.717, 1.165) is 13.1 Å². The van der Waals surface area contributed by atoms with Crippen LogP contribution < -0.4 is 9.62 Å². The summed E-state index contributed by atoms with van der Waals surface area (Å²) in [6, 6.07) is 25.3. The van der Waals surface area contributed by atoms with Gasteiger partial charge in [0.2, 0.25) is 0 Å². The molecule has 0 unspecified atom stereocenters. The van der Waals surface area contributed by atoms with Crippen LogP contribution >= 0.6 is 0 Å². The van der Waals surface area contributed by atoms with Crippen LogP contribution in [0, 0.1) is 0 Å². The van der Waals surface area contributed by atoms with Gasteiger partial charge in [-0.3, -0.25) is 14.0 Å². The van der Waals surface area contributed by atoms with Crippen molar-refractivity contribution >= 4 is 21.6 Å². The molecular formula is C26H29N3O3S. The lowest BCUT2D eigenvalue weighted by Crippen LogP contribution is -2.36. The number of nitrogens with zero attached hydrogens (tertiary/aromatic N) is 2. The molecule has 172 valence electrons. The largest absolute Gasteiger partial charge is 0.350 e. The van der Waals surface area contributed by atoms with Crippen LogP contribution in [-0.2, 0) is 10.0 Å². The number of rotatable bonds is 8. The minimum absolute atomic E-state index is 0.122. The fourth-order valence-electron chi connectivity index (χ4n) is 4.19. The van der Waals surface area contributed by atoms with E-state index < -0.39 is 10.0 Å². The average molecular weight is 464 g/mol. The molecule has 1 amide bonds. The summed E-state index contributed by atoms with van der Waals surface area (Å²) in [6.07, 6.45) is 2.34. The van der Waals surface area contributed by atoms with Crippen molar-refractivity contribution in [2.75, 3.05) is 31.0 Å². The minimum atomic E-state index is -3.71. The van der Waals surface area contributed by atoms with E-state index in [0.29, 0.717) is 17.8 Å². The molecule has 33 heavy (non-hydrogen) atoms. The van der Waals surface area contributed by atoms with Crippen molar-refractivity contribution in [1.29, 1.82) is 0 Å². The first-order chi connectivity index (χ1) is 16.0. The molecule has 0 spiro atoms. The fraction of sp³-hybridized carbons (Fsp3) is 0.269. The summed E-state index contributed by atoms with van der Waals surface area (Å²) in [7, 11) is -2.19. The van der Waals surface area contributed by atoms with E-state index >= 15 is 0 Å². The molecule has 7 heteroatoms. The number of hydrogen-bond acceptors (Lipinski definition) is 4. The van der Waals surface area contributed by atoms with Gasteiger partial charge in [0.15, 0.2) is 0 Å². The standard InChI is InChI=1S/C26H29N3O3S/c1-28(23-12-6-3-7-13-23)33(31,32)24-16-14-22(15-17-24)26(30)27-20-25(29-18-8-9-19-29)21-10-4-2-5-11-21/h2-7,10-17,25H,8-9,18-20H2,1H3,(H,27,30)/t25-/m0/s1. The maximum atomic E-state index is 13.0. The molecule has 1 fully saturated rings. The van der Waals surface area contributed by atoms with Crippen LogP contribution in [0.4, 0.5) is 5.69 Å². The molecule has 0 aromatic heterocycles. The lowest BCUT2D eigenvalue weighted by Gasteiger charge is -2.28. The molecule has 4 rings (SSSR count). The third-order valence-electron chi connectivity index (χ3n) is 6.12. The maximum Gasteiger partial charge on any atom is 0.264 e. The molecule has 0 bridgehead atoms. The van der Waals surface area contributed by atoms with Crippen LogP contribution in [0.2, 0.25) is 0 Å². The number of likely N-dealkylation sites (tertiary alicyclic amines) is 1. The van der Waals surface area contributed by atoms with Gasteiger partial charge in [0, 0.05) is 19.2 Å². The Morgan fingerprint density at radius 1 is 0.909 bits per heavy atom. The first kappa shape index (κ1) is 23.0. The lowest BCUT2D eigenvalue weighted by molar-refractivity contribution is 0.0938. The summed E-state index contributed by atoms with van der Waals surface area (Å²) in [4.78, 5) is 15.4. The highest BCUT2D eigenvalue weighted by atomic mass is 32.2. The predicted molar refractivity (Wildman–Crippen MR) is 131 cm³/mol. The van der Waals surface area contributed by atoms with Crippen LogP contribution in [0.3, 0.4) is 0 Å². The Labute approximate surface area is 195 Å². The van der Waals surface area contributed by atoms with E-state index in [9.17, 15) is 13.2 Å². The Bertz CT molecular complexity index is 1160. The van der Waals surface area contributed by atoms with E-state index in [1.165, 1.54) is 41.9 Å². The van der Waals surface area contributed by atoms with Crippen LogP contribution in [0.25, 0.3) is 0 Å². The summed E-state index contributed by atoms with van der Waals surface area (Å²) in [5.41, 5.74) is 2.20. The number of amides is 1. The second-order valence-corrected chi connectivity index (χ2v) is 10.2. The van der Waals surface area contributed by atoms with Gasteiger partial charge in [-0.25, -0.2) is 8.42 Å². The van der Waals surface area contributed by atoms with Crippen molar-refractivity contribution in [1.82, 2.24) is 10.2 Å². The molecule has 3 aromatic carbocycles. The highest BCUT2D eigenvalue weighted by Gasteiger charge is 2.25. The molecule has 1 aliphatic heterocycles. The van der Waals surface area contributed by atoms with Gasteiger partial charge in [0.05, 0.1) is 16.6 Å². The number of carbonyl (C=O) groups excluding carboxylic acids is 1. The van der Waals surface area contributed by atoms with Crippen molar-refractivity contribution in [3.8, 4) is 0 Å². The Balaban J connectivity index is 1.44. The molecule has 1 aliphatic rings. The van der Waals surface area contributed by atoms with Crippen molar-refractivity contribution in [2.45, 2.75) is 23.8 Å². The number of carbonyl (C=O) groups is 1. The summed E-state index contributed by atoms with van der Waals surface area (Å²) in [5, 5.41) is 3.04. The van der Waals surface area contributed by atoms with Crippen LogP contribution in [-0.4, -0.2) is 45.9 Å². The molecule has 1 atom stereocenters. The van der Waals surface area contributed by atoms with Crippen molar-refractivity contribution in [3.05, 3.63) is 96.1 Å². The van der Waals surface area contributed by atoms with Gasteiger partial charge < -0.3 is 5.32 Å². The van der Waals surface area contributed by atoms with Gasteiger partial charge in [0.1, 0.15) is 0 Å². The third-order valence-corrected chi connectivity index (χ3v) is 7.92. The van der Waals surface area contributed by atoms with Gasteiger partial charge in [-0.15, -0.1) is 0 Å². The van der Waals surface area contributed by atoms with E-state index in [4.69, 9.17) is 0 Å². The van der Waals surface area contributed by atoms with Gasteiger partial charge in [0.25, 0.3) is 15.9 Å². The number of para-hydroxylation sites is 1. The van der Waals surface area contributed by atoms with Crippen molar-refractivity contribution in [3.63, 3.8) is 0 Å². The maximum absolute atomic E-state index is 13.0. The fourth-order valence-corrected chi connectivity index (χ4v) is 5.39. The molecule has 1 heterocycles. The lowest BCUT2D eigenvalue weighted by atomic mass is 10.1. The Morgan fingerprint density at radius 3 is 2.09 bits per heavy atom. The highest BCUT2D eigenvalue weighted by Crippen LogP contribution is 2.25. The number of sulfonamides is 1.